The fourth-order valence-corrected chi connectivity index (χ4v) is 2.42. The maximum absolute atomic E-state index is 5.48. The minimum atomic E-state index is 0.501. The Balaban J connectivity index is 1.80. The molecule has 0 unspecified atom stereocenters. The number of aromatic nitrogens is 2. The summed E-state index contributed by atoms with van der Waals surface area (Å²) in [6.07, 6.45) is 6.35. The molecule has 5 nitrogen and oxygen atoms in total. The van der Waals surface area contributed by atoms with E-state index >= 15 is 0 Å². The molecule has 1 aromatic rings. The van der Waals surface area contributed by atoms with Crippen LogP contribution >= 0.6 is 0 Å². The first-order valence-electron chi connectivity index (χ1n) is 6.55. The fraction of sp³-hybridized carbons (Fsp3) is 0.833. The van der Waals surface area contributed by atoms with E-state index < -0.39 is 0 Å². The van der Waals surface area contributed by atoms with E-state index in [2.05, 4.69) is 27.8 Å². The first kappa shape index (κ1) is 12.4. The summed E-state index contributed by atoms with van der Waals surface area (Å²) in [4.78, 5) is 0. The van der Waals surface area contributed by atoms with Crippen LogP contribution in [0.5, 0.6) is 0 Å². The Morgan fingerprint density at radius 2 is 2.00 bits per heavy atom. The third kappa shape index (κ3) is 3.43. The molecule has 0 amide bonds. The zero-order valence-electron chi connectivity index (χ0n) is 10.7. The molecular formula is C12H22N4O. The summed E-state index contributed by atoms with van der Waals surface area (Å²) in [7, 11) is 1.86. The molecule has 1 aliphatic carbocycles. The van der Waals surface area contributed by atoms with E-state index in [1.165, 1.54) is 32.1 Å². The van der Waals surface area contributed by atoms with Gasteiger partial charge in [-0.3, -0.25) is 0 Å². The van der Waals surface area contributed by atoms with Crippen molar-refractivity contribution < 1.29 is 4.42 Å². The van der Waals surface area contributed by atoms with Crippen molar-refractivity contribution in [2.75, 3.05) is 12.4 Å². The van der Waals surface area contributed by atoms with E-state index in [-0.39, 0.29) is 0 Å². The zero-order valence-corrected chi connectivity index (χ0v) is 10.7. The Morgan fingerprint density at radius 3 is 2.65 bits per heavy atom. The normalized spacial score (nSPS) is 24.8. The van der Waals surface area contributed by atoms with E-state index in [1.807, 2.05) is 7.05 Å². The van der Waals surface area contributed by atoms with Crippen LogP contribution in [0.25, 0.3) is 0 Å². The minimum Gasteiger partial charge on any atom is -0.407 e. The highest BCUT2D eigenvalue weighted by Gasteiger charge is 2.21. The molecule has 17 heavy (non-hydrogen) atoms. The van der Waals surface area contributed by atoms with E-state index in [9.17, 15) is 0 Å². The largest absolute Gasteiger partial charge is 0.407 e. The molecule has 0 aromatic carbocycles. The lowest BCUT2D eigenvalue weighted by molar-refractivity contribution is 0.326. The third-order valence-corrected chi connectivity index (χ3v) is 3.55. The Morgan fingerprint density at radius 1 is 1.24 bits per heavy atom. The van der Waals surface area contributed by atoms with Crippen LogP contribution in [0.15, 0.2) is 4.42 Å². The molecule has 1 aliphatic rings. The number of anilines is 1. The van der Waals surface area contributed by atoms with Gasteiger partial charge in [0.15, 0.2) is 0 Å². The predicted octanol–water partition coefficient (Wildman–Crippen LogP) is 2.17. The van der Waals surface area contributed by atoms with Crippen molar-refractivity contribution >= 4 is 6.01 Å². The van der Waals surface area contributed by atoms with Gasteiger partial charge in [-0.2, -0.15) is 0 Å². The SMILES string of the molecule is CCC1CCC(Nc2nnc(CNC)o2)CC1. The third-order valence-electron chi connectivity index (χ3n) is 3.55. The highest BCUT2D eigenvalue weighted by molar-refractivity contribution is 5.19. The fourth-order valence-electron chi connectivity index (χ4n) is 2.42. The molecule has 0 saturated heterocycles. The van der Waals surface area contributed by atoms with E-state index in [0.717, 1.165) is 5.92 Å². The summed E-state index contributed by atoms with van der Waals surface area (Å²) in [6.45, 7) is 2.90. The van der Waals surface area contributed by atoms with E-state index in [1.54, 1.807) is 0 Å². The van der Waals surface area contributed by atoms with Gasteiger partial charge in [0.05, 0.1) is 6.54 Å². The first-order valence-corrected chi connectivity index (χ1v) is 6.55. The molecule has 1 fully saturated rings. The van der Waals surface area contributed by atoms with Gasteiger partial charge in [-0.05, 0) is 38.6 Å². The van der Waals surface area contributed by atoms with Gasteiger partial charge in [-0.25, -0.2) is 0 Å². The zero-order chi connectivity index (χ0) is 12.1. The minimum absolute atomic E-state index is 0.501. The standard InChI is InChI=1S/C12H22N4O/c1-3-9-4-6-10(7-5-9)14-12-16-15-11(17-12)8-13-2/h9-10,13H,3-8H2,1-2H3,(H,14,16). The highest BCUT2D eigenvalue weighted by Crippen LogP contribution is 2.28. The number of nitrogens with zero attached hydrogens (tertiary/aromatic N) is 2. The maximum Gasteiger partial charge on any atom is 0.315 e. The van der Waals surface area contributed by atoms with Crippen LogP contribution in [0.3, 0.4) is 0 Å². The highest BCUT2D eigenvalue weighted by atomic mass is 16.4. The average molecular weight is 238 g/mol. The van der Waals surface area contributed by atoms with Crippen molar-refractivity contribution in [3.8, 4) is 0 Å². The lowest BCUT2D eigenvalue weighted by atomic mass is 9.85. The van der Waals surface area contributed by atoms with Gasteiger partial charge in [0.25, 0.3) is 0 Å². The lowest BCUT2D eigenvalue weighted by Gasteiger charge is -2.27. The predicted molar refractivity (Wildman–Crippen MR) is 66.7 cm³/mol. The maximum atomic E-state index is 5.48. The molecule has 1 saturated carbocycles. The summed E-state index contributed by atoms with van der Waals surface area (Å²) in [5.74, 6) is 1.55. The summed E-state index contributed by atoms with van der Waals surface area (Å²) in [6, 6.07) is 1.07. The molecule has 0 bridgehead atoms. The van der Waals surface area contributed by atoms with Crippen molar-refractivity contribution in [3.05, 3.63) is 5.89 Å². The van der Waals surface area contributed by atoms with Gasteiger partial charge < -0.3 is 15.1 Å². The number of nitrogens with one attached hydrogen (secondary N) is 2. The molecule has 1 heterocycles. The number of hydrogen-bond acceptors (Lipinski definition) is 5. The second-order valence-corrected chi connectivity index (χ2v) is 4.80. The summed E-state index contributed by atoms with van der Waals surface area (Å²) in [5, 5.41) is 14.3. The summed E-state index contributed by atoms with van der Waals surface area (Å²) in [5.41, 5.74) is 0. The molecule has 0 atom stereocenters. The molecule has 2 rings (SSSR count). The lowest BCUT2D eigenvalue weighted by Crippen LogP contribution is -2.26. The molecular weight excluding hydrogens is 216 g/mol. The molecule has 1 aromatic heterocycles. The quantitative estimate of drug-likeness (QED) is 0.823. The second kappa shape index (κ2) is 6.00. The Labute approximate surface area is 102 Å². The Hall–Kier alpha value is -1.10. The topological polar surface area (TPSA) is 63.0 Å². The molecule has 0 aliphatic heterocycles. The number of hydrogen-bond donors (Lipinski definition) is 2. The smallest absolute Gasteiger partial charge is 0.315 e. The van der Waals surface area contributed by atoms with Gasteiger partial charge >= 0.3 is 6.01 Å². The van der Waals surface area contributed by atoms with Crippen LogP contribution < -0.4 is 10.6 Å². The van der Waals surface area contributed by atoms with Gasteiger partial charge in [0.1, 0.15) is 0 Å². The van der Waals surface area contributed by atoms with Crippen LogP contribution in [-0.4, -0.2) is 23.3 Å². The van der Waals surface area contributed by atoms with Gasteiger partial charge in [0.2, 0.25) is 5.89 Å². The first-order chi connectivity index (χ1) is 8.31. The second-order valence-electron chi connectivity index (χ2n) is 4.80. The number of rotatable bonds is 5. The van der Waals surface area contributed by atoms with Crippen molar-refractivity contribution in [2.24, 2.45) is 5.92 Å². The molecule has 96 valence electrons. The van der Waals surface area contributed by atoms with Crippen LogP contribution in [-0.2, 0) is 6.54 Å². The van der Waals surface area contributed by atoms with Crippen LogP contribution in [0.2, 0.25) is 0 Å². The monoisotopic (exact) mass is 238 g/mol. The summed E-state index contributed by atoms with van der Waals surface area (Å²) >= 11 is 0. The molecule has 0 radical (unpaired) electrons. The Bertz CT molecular complexity index is 331. The van der Waals surface area contributed by atoms with E-state index in [4.69, 9.17) is 4.42 Å². The summed E-state index contributed by atoms with van der Waals surface area (Å²) < 4.78 is 5.48. The average Bonchev–Trinajstić information content (AvgIpc) is 2.78. The van der Waals surface area contributed by atoms with Gasteiger partial charge in [0, 0.05) is 6.04 Å². The van der Waals surface area contributed by atoms with Gasteiger partial charge in [-0.1, -0.05) is 18.4 Å². The van der Waals surface area contributed by atoms with Crippen LogP contribution in [0.1, 0.15) is 44.9 Å². The van der Waals surface area contributed by atoms with Crippen molar-refractivity contribution in [3.63, 3.8) is 0 Å². The molecule has 5 heteroatoms. The van der Waals surface area contributed by atoms with E-state index in [0.29, 0.717) is 24.5 Å². The Kier molecular flexibility index (Phi) is 4.36. The van der Waals surface area contributed by atoms with Crippen molar-refractivity contribution in [2.45, 2.75) is 51.6 Å². The van der Waals surface area contributed by atoms with Crippen LogP contribution in [0.4, 0.5) is 6.01 Å². The van der Waals surface area contributed by atoms with Crippen molar-refractivity contribution in [1.82, 2.24) is 15.5 Å². The molecule has 0 spiro atoms. The van der Waals surface area contributed by atoms with Gasteiger partial charge in [-0.15, -0.1) is 5.10 Å². The van der Waals surface area contributed by atoms with Crippen LogP contribution in [0, 0.1) is 5.92 Å². The molecule has 2 N–H and O–H groups in total. The van der Waals surface area contributed by atoms with Crippen molar-refractivity contribution in [1.29, 1.82) is 0 Å².